The molecule has 0 saturated carbocycles. The fourth-order valence-electron chi connectivity index (χ4n) is 3.44. The lowest BCUT2D eigenvalue weighted by Gasteiger charge is -2.20. The van der Waals surface area contributed by atoms with Crippen LogP contribution >= 0.6 is 0 Å². The molecule has 3 nitrogen and oxygen atoms in total. The van der Waals surface area contributed by atoms with Gasteiger partial charge in [-0.25, -0.2) is 0 Å². The maximum Gasteiger partial charge on any atom is 0.221 e. The van der Waals surface area contributed by atoms with Crippen LogP contribution in [0.2, 0.25) is 0 Å². The summed E-state index contributed by atoms with van der Waals surface area (Å²) in [6.07, 6.45) is 1.15. The van der Waals surface area contributed by atoms with E-state index in [0.29, 0.717) is 12.8 Å². The molecule has 0 spiro atoms. The second kappa shape index (κ2) is 9.23. The summed E-state index contributed by atoms with van der Waals surface area (Å²) in [5.74, 6) is 0.917. The average Bonchev–Trinajstić information content (AvgIpc) is 2.71. The van der Waals surface area contributed by atoms with Gasteiger partial charge < -0.3 is 10.1 Å². The maximum atomic E-state index is 12.7. The molecule has 0 radical (unpaired) electrons. The van der Waals surface area contributed by atoms with E-state index in [0.717, 1.165) is 28.0 Å². The van der Waals surface area contributed by atoms with Gasteiger partial charge in [0.2, 0.25) is 5.91 Å². The van der Waals surface area contributed by atoms with Crippen molar-refractivity contribution >= 4 is 5.91 Å². The van der Waals surface area contributed by atoms with Crippen molar-refractivity contribution in [3.8, 4) is 5.75 Å². The predicted molar refractivity (Wildman–Crippen MR) is 114 cm³/mol. The van der Waals surface area contributed by atoms with Gasteiger partial charge in [0.1, 0.15) is 5.75 Å². The van der Waals surface area contributed by atoms with Crippen molar-refractivity contribution in [2.24, 2.45) is 0 Å². The summed E-state index contributed by atoms with van der Waals surface area (Å²) < 4.78 is 5.31. The summed E-state index contributed by atoms with van der Waals surface area (Å²) in [7, 11) is 1.67. The minimum absolute atomic E-state index is 0.0452. The van der Waals surface area contributed by atoms with E-state index >= 15 is 0 Å². The lowest BCUT2D eigenvalue weighted by molar-refractivity contribution is -0.121. The van der Waals surface area contributed by atoms with Crippen LogP contribution in [0.1, 0.15) is 40.3 Å². The van der Waals surface area contributed by atoms with Gasteiger partial charge in [0.15, 0.2) is 0 Å². The number of aryl methyl sites for hydroxylation is 3. The van der Waals surface area contributed by atoms with Gasteiger partial charge in [-0.2, -0.15) is 0 Å². The van der Waals surface area contributed by atoms with Crippen molar-refractivity contribution in [1.29, 1.82) is 0 Å². The van der Waals surface area contributed by atoms with E-state index in [-0.39, 0.29) is 11.9 Å². The average molecular weight is 373 g/mol. The van der Waals surface area contributed by atoms with Crippen LogP contribution in [0, 0.1) is 13.8 Å². The van der Waals surface area contributed by atoms with E-state index in [4.69, 9.17) is 4.74 Å². The highest BCUT2D eigenvalue weighted by atomic mass is 16.5. The van der Waals surface area contributed by atoms with Gasteiger partial charge in [0.25, 0.3) is 0 Å². The highest BCUT2D eigenvalue weighted by Gasteiger charge is 2.17. The Labute approximate surface area is 167 Å². The smallest absolute Gasteiger partial charge is 0.221 e. The molecule has 0 aliphatic rings. The second-order valence-electron chi connectivity index (χ2n) is 7.13. The Hall–Kier alpha value is -3.07. The molecule has 0 fully saturated rings. The number of ether oxygens (including phenoxy) is 1. The number of hydrogen-bond donors (Lipinski definition) is 1. The number of carbonyl (C=O) groups is 1. The Morgan fingerprint density at radius 2 is 1.68 bits per heavy atom. The third-order valence-corrected chi connectivity index (χ3v) is 4.91. The summed E-state index contributed by atoms with van der Waals surface area (Å²) >= 11 is 0. The van der Waals surface area contributed by atoms with Gasteiger partial charge in [0.05, 0.1) is 13.2 Å². The highest BCUT2D eigenvalue weighted by molar-refractivity contribution is 5.77. The molecule has 3 aromatic rings. The molecular formula is C25H27NO2. The largest absolute Gasteiger partial charge is 0.496 e. The van der Waals surface area contributed by atoms with Crippen molar-refractivity contribution in [2.45, 2.75) is 32.7 Å². The van der Waals surface area contributed by atoms with Crippen LogP contribution in [0.5, 0.6) is 5.75 Å². The van der Waals surface area contributed by atoms with Crippen molar-refractivity contribution < 1.29 is 9.53 Å². The number of hydrogen-bond acceptors (Lipinski definition) is 2. The standard InChI is InChI=1S/C25H27NO2/c1-18-8-7-11-22(16-18)25(21-9-5-4-6-10-21)26-24(27)15-13-20-12-14-23(28-3)19(2)17-20/h4-12,14,16-17,25H,13,15H2,1-3H3,(H,26,27). The lowest BCUT2D eigenvalue weighted by Crippen LogP contribution is -2.29. The Kier molecular flexibility index (Phi) is 6.49. The van der Waals surface area contributed by atoms with Crippen LogP contribution in [0.4, 0.5) is 0 Å². The lowest BCUT2D eigenvalue weighted by atomic mass is 9.97. The SMILES string of the molecule is COc1ccc(CCC(=O)NC(c2ccccc2)c2cccc(C)c2)cc1C. The Balaban J connectivity index is 1.72. The summed E-state index contributed by atoms with van der Waals surface area (Å²) in [6, 6.07) is 24.3. The second-order valence-corrected chi connectivity index (χ2v) is 7.13. The van der Waals surface area contributed by atoms with Crippen LogP contribution in [0.3, 0.4) is 0 Å². The molecule has 3 aromatic carbocycles. The van der Waals surface area contributed by atoms with Gasteiger partial charge in [-0.3, -0.25) is 4.79 Å². The first-order chi connectivity index (χ1) is 13.6. The summed E-state index contributed by atoms with van der Waals surface area (Å²) in [6.45, 7) is 4.09. The van der Waals surface area contributed by atoms with Crippen molar-refractivity contribution in [3.05, 3.63) is 101 Å². The van der Waals surface area contributed by atoms with E-state index in [9.17, 15) is 4.79 Å². The molecule has 3 rings (SSSR count). The first kappa shape index (κ1) is 19.7. The van der Waals surface area contributed by atoms with Crippen LogP contribution in [-0.2, 0) is 11.2 Å². The quantitative estimate of drug-likeness (QED) is 0.622. The number of amides is 1. The van der Waals surface area contributed by atoms with Gasteiger partial charge in [-0.15, -0.1) is 0 Å². The molecule has 0 aromatic heterocycles. The van der Waals surface area contributed by atoms with Crippen LogP contribution in [0.15, 0.2) is 72.8 Å². The number of rotatable bonds is 7. The van der Waals surface area contributed by atoms with Crippen LogP contribution < -0.4 is 10.1 Å². The summed E-state index contributed by atoms with van der Waals surface area (Å²) in [5, 5.41) is 3.22. The zero-order valence-electron chi connectivity index (χ0n) is 16.7. The van der Waals surface area contributed by atoms with E-state index < -0.39 is 0 Å². The first-order valence-corrected chi connectivity index (χ1v) is 9.61. The fraction of sp³-hybridized carbons (Fsp3) is 0.240. The van der Waals surface area contributed by atoms with E-state index in [1.165, 1.54) is 5.56 Å². The summed E-state index contributed by atoms with van der Waals surface area (Å²) in [5.41, 5.74) is 5.59. The fourth-order valence-corrected chi connectivity index (χ4v) is 3.44. The zero-order valence-corrected chi connectivity index (χ0v) is 16.7. The van der Waals surface area contributed by atoms with E-state index in [2.05, 4.69) is 48.6 Å². The van der Waals surface area contributed by atoms with Gasteiger partial charge in [0, 0.05) is 6.42 Å². The normalized spacial score (nSPS) is 11.7. The van der Waals surface area contributed by atoms with Crippen molar-refractivity contribution in [2.75, 3.05) is 7.11 Å². The number of nitrogens with one attached hydrogen (secondary N) is 1. The Morgan fingerprint density at radius 3 is 2.36 bits per heavy atom. The predicted octanol–water partition coefficient (Wildman–Crippen LogP) is 5.15. The molecule has 0 bridgehead atoms. The first-order valence-electron chi connectivity index (χ1n) is 9.61. The molecule has 28 heavy (non-hydrogen) atoms. The number of carbonyl (C=O) groups excluding carboxylic acids is 1. The number of benzene rings is 3. The minimum atomic E-state index is -0.147. The third kappa shape index (κ3) is 5.01. The number of methoxy groups -OCH3 is 1. The van der Waals surface area contributed by atoms with E-state index in [1.807, 2.05) is 43.3 Å². The van der Waals surface area contributed by atoms with Gasteiger partial charge >= 0.3 is 0 Å². The Morgan fingerprint density at radius 1 is 0.929 bits per heavy atom. The van der Waals surface area contributed by atoms with Crippen LogP contribution in [-0.4, -0.2) is 13.0 Å². The molecule has 0 heterocycles. The van der Waals surface area contributed by atoms with Crippen molar-refractivity contribution in [3.63, 3.8) is 0 Å². The van der Waals surface area contributed by atoms with Gasteiger partial charge in [-0.1, -0.05) is 72.3 Å². The molecule has 1 unspecified atom stereocenters. The maximum absolute atomic E-state index is 12.7. The molecule has 0 aliphatic heterocycles. The molecule has 1 amide bonds. The monoisotopic (exact) mass is 373 g/mol. The molecule has 0 aliphatic carbocycles. The van der Waals surface area contributed by atoms with Crippen LogP contribution in [0.25, 0.3) is 0 Å². The van der Waals surface area contributed by atoms with Crippen molar-refractivity contribution in [1.82, 2.24) is 5.32 Å². The minimum Gasteiger partial charge on any atom is -0.496 e. The molecule has 1 N–H and O–H groups in total. The summed E-state index contributed by atoms with van der Waals surface area (Å²) in [4.78, 5) is 12.7. The molecule has 144 valence electrons. The van der Waals surface area contributed by atoms with E-state index in [1.54, 1.807) is 7.11 Å². The highest BCUT2D eigenvalue weighted by Crippen LogP contribution is 2.23. The topological polar surface area (TPSA) is 38.3 Å². The third-order valence-electron chi connectivity index (χ3n) is 4.91. The molecule has 1 atom stereocenters. The zero-order chi connectivity index (χ0) is 19.9. The molecule has 3 heteroatoms. The van der Waals surface area contributed by atoms with Gasteiger partial charge in [-0.05, 0) is 48.6 Å². The Bertz CT molecular complexity index is 934. The molecular weight excluding hydrogens is 346 g/mol. The molecule has 0 saturated heterocycles.